The Bertz CT molecular complexity index is 165. The van der Waals surface area contributed by atoms with E-state index in [1.807, 2.05) is 33.8 Å². The number of allylic oxidation sites excluding steroid dienone is 1. The van der Waals surface area contributed by atoms with Gasteiger partial charge in [-0.2, -0.15) is 0 Å². The number of carbonyl (C=O) groups excluding carboxylic acids is 1. The third-order valence-corrected chi connectivity index (χ3v) is 1.31. The monoisotopic (exact) mass is 170 g/mol. The highest BCUT2D eigenvalue weighted by Crippen LogP contribution is 2.01. The van der Waals surface area contributed by atoms with E-state index in [4.69, 9.17) is 4.74 Å². The zero-order valence-electron chi connectivity index (χ0n) is 8.39. The molecule has 0 radical (unpaired) electrons. The van der Waals surface area contributed by atoms with E-state index in [0.29, 0.717) is 18.9 Å². The SMILES string of the molecule is CC(C)=CCOC(=O)CC(C)C. The maximum absolute atomic E-state index is 11.0. The largest absolute Gasteiger partial charge is 0.461 e. The molecule has 0 bridgehead atoms. The van der Waals surface area contributed by atoms with E-state index >= 15 is 0 Å². The van der Waals surface area contributed by atoms with Gasteiger partial charge in [-0.25, -0.2) is 0 Å². The first-order valence-electron chi connectivity index (χ1n) is 4.31. The molecule has 0 aromatic heterocycles. The Morgan fingerprint density at radius 1 is 1.42 bits per heavy atom. The fourth-order valence-corrected chi connectivity index (χ4v) is 0.694. The minimum atomic E-state index is -0.109. The van der Waals surface area contributed by atoms with Gasteiger partial charge in [-0.1, -0.05) is 19.4 Å². The Morgan fingerprint density at radius 2 is 2.00 bits per heavy atom. The highest BCUT2D eigenvalue weighted by molar-refractivity contribution is 5.69. The van der Waals surface area contributed by atoms with Crippen molar-refractivity contribution in [2.75, 3.05) is 6.61 Å². The normalized spacial score (nSPS) is 9.75. The van der Waals surface area contributed by atoms with Gasteiger partial charge in [-0.15, -0.1) is 0 Å². The van der Waals surface area contributed by atoms with Gasteiger partial charge >= 0.3 is 5.97 Å². The molecule has 0 amide bonds. The van der Waals surface area contributed by atoms with E-state index in [1.54, 1.807) is 0 Å². The number of ether oxygens (including phenoxy) is 1. The Labute approximate surface area is 74.6 Å². The first-order chi connectivity index (χ1) is 5.52. The summed E-state index contributed by atoms with van der Waals surface area (Å²) >= 11 is 0. The lowest BCUT2D eigenvalue weighted by molar-refractivity contribution is -0.143. The van der Waals surface area contributed by atoms with Gasteiger partial charge in [0.05, 0.1) is 0 Å². The number of carbonyl (C=O) groups is 1. The van der Waals surface area contributed by atoms with Crippen LogP contribution in [0.2, 0.25) is 0 Å². The second-order valence-corrected chi connectivity index (χ2v) is 3.56. The first kappa shape index (κ1) is 11.2. The highest BCUT2D eigenvalue weighted by Gasteiger charge is 2.03. The summed E-state index contributed by atoms with van der Waals surface area (Å²) in [6.45, 7) is 8.38. The standard InChI is InChI=1S/C10H18O2/c1-8(2)5-6-12-10(11)7-9(3)4/h5,9H,6-7H2,1-4H3. The first-order valence-corrected chi connectivity index (χ1v) is 4.31. The van der Waals surface area contributed by atoms with Crippen molar-refractivity contribution in [1.29, 1.82) is 0 Å². The van der Waals surface area contributed by atoms with Gasteiger partial charge in [0, 0.05) is 6.42 Å². The molecule has 0 saturated carbocycles. The van der Waals surface area contributed by atoms with Crippen LogP contribution in [0.15, 0.2) is 11.6 Å². The third-order valence-electron chi connectivity index (χ3n) is 1.31. The second kappa shape index (κ2) is 5.81. The van der Waals surface area contributed by atoms with Crippen LogP contribution in [-0.4, -0.2) is 12.6 Å². The van der Waals surface area contributed by atoms with Crippen molar-refractivity contribution in [3.05, 3.63) is 11.6 Å². The van der Waals surface area contributed by atoms with Crippen LogP contribution in [0.5, 0.6) is 0 Å². The summed E-state index contributed by atoms with van der Waals surface area (Å²) in [6.07, 6.45) is 2.41. The number of esters is 1. The summed E-state index contributed by atoms with van der Waals surface area (Å²) in [6, 6.07) is 0. The zero-order chi connectivity index (χ0) is 9.56. The number of hydrogen-bond acceptors (Lipinski definition) is 2. The van der Waals surface area contributed by atoms with Gasteiger partial charge in [-0.05, 0) is 25.8 Å². The van der Waals surface area contributed by atoms with Gasteiger partial charge in [0.25, 0.3) is 0 Å². The smallest absolute Gasteiger partial charge is 0.306 e. The molecular weight excluding hydrogens is 152 g/mol. The molecule has 0 aliphatic carbocycles. The molecule has 0 aliphatic rings. The predicted molar refractivity (Wildman–Crippen MR) is 49.8 cm³/mol. The van der Waals surface area contributed by atoms with Gasteiger partial charge in [-0.3, -0.25) is 4.79 Å². The third kappa shape index (κ3) is 7.32. The Hall–Kier alpha value is -0.790. The molecule has 0 aromatic carbocycles. The van der Waals surface area contributed by atoms with Crippen LogP contribution in [0, 0.1) is 5.92 Å². The molecular formula is C10H18O2. The lowest BCUT2D eigenvalue weighted by Gasteiger charge is -2.03. The van der Waals surface area contributed by atoms with E-state index in [9.17, 15) is 4.79 Å². The highest BCUT2D eigenvalue weighted by atomic mass is 16.5. The Balaban J connectivity index is 3.51. The van der Waals surface area contributed by atoms with Gasteiger partial charge < -0.3 is 4.74 Å². The van der Waals surface area contributed by atoms with Crippen molar-refractivity contribution in [2.24, 2.45) is 5.92 Å². The van der Waals surface area contributed by atoms with Gasteiger partial charge in [0.15, 0.2) is 0 Å². The van der Waals surface area contributed by atoms with Crippen molar-refractivity contribution >= 4 is 5.97 Å². The minimum absolute atomic E-state index is 0.109. The topological polar surface area (TPSA) is 26.3 Å². The zero-order valence-corrected chi connectivity index (χ0v) is 8.39. The average Bonchev–Trinajstić information content (AvgIpc) is 1.84. The molecule has 0 fully saturated rings. The van der Waals surface area contributed by atoms with Crippen molar-refractivity contribution in [1.82, 2.24) is 0 Å². The van der Waals surface area contributed by atoms with E-state index < -0.39 is 0 Å². The molecule has 0 atom stereocenters. The molecule has 0 rings (SSSR count). The van der Waals surface area contributed by atoms with E-state index in [1.165, 1.54) is 5.57 Å². The fraction of sp³-hybridized carbons (Fsp3) is 0.700. The average molecular weight is 170 g/mol. The maximum atomic E-state index is 11.0. The van der Waals surface area contributed by atoms with Crippen molar-refractivity contribution in [3.8, 4) is 0 Å². The van der Waals surface area contributed by atoms with Crippen molar-refractivity contribution < 1.29 is 9.53 Å². The van der Waals surface area contributed by atoms with Crippen LogP contribution >= 0.6 is 0 Å². The van der Waals surface area contributed by atoms with Crippen molar-refractivity contribution in [2.45, 2.75) is 34.1 Å². The molecule has 0 heterocycles. The summed E-state index contributed by atoms with van der Waals surface area (Å²) in [5, 5.41) is 0. The Morgan fingerprint density at radius 3 is 2.42 bits per heavy atom. The lowest BCUT2D eigenvalue weighted by atomic mass is 10.1. The summed E-state index contributed by atoms with van der Waals surface area (Å²) < 4.78 is 4.95. The maximum Gasteiger partial charge on any atom is 0.306 e. The molecule has 2 nitrogen and oxygen atoms in total. The van der Waals surface area contributed by atoms with Gasteiger partial charge in [0.2, 0.25) is 0 Å². The fourth-order valence-electron chi connectivity index (χ4n) is 0.694. The molecule has 0 aliphatic heterocycles. The van der Waals surface area contributed by atoms with Crippen LogP contribution in [0.3, 0.4) is 0 Å². The predicted octanol–water partition coefficient (Wildman–Crippen LogP) is 2.54. The van der Waals surface area contributed by atoms with E-state index in [0.717, 1.165) is 0 Å². The summed E-state index contributed by atoms with van der Waals surface area (Å²) in [5.41, 5.74) is 1.17. The van der Waals surface area contributed by atoms with Crippen LogP contribution in [-0.2, 0) is 9.53 Å². The molecule has 0 saturated heterocycles. The van der Waals surface area contributed by atoms with Crippen LogP contribution in [0.4, 0.5) is 0 Å². The summed E-state index contributed by atoms with van der Waals surface area (Å²) in [7, 11) is 0. The second-order valence-electron chi connectivity index (χ2n) is 3.56. The van der Waals surface area contributed by atoms with E-state index in [-0.39, 0.29) is 5.97 Å². The number of rotatable bonds is 4. The minimum Gasteiger partial charge on any atom is -0.461 e. The summed E-state index contributed by atoms with van der Waals surface area (Å²) in [4.78, 5) is 11.0. The lowest BCUT2D eigenvalue weighted by Crippen LogP contribution is -2.07. The van der Waals surface area contributed by atoms with Gasteiger partial charge in [0.1, 0.15) is 6.61 Å². The molecule has 2 heteroatoms. The van der Waals surface area contributed by atoms with Crippen LogP contribution in [0.25, 0.3) is 0 Å². The molecule has 0 aromatic rings. The number of hydrogen-bond donors (Lipinski definition) is 0. The Kier molecular flexibility index (Phi) is 5.43. The van der Waals surface area contributed by atoms with Crippen LogP contribution < -0.4 is 0 Å². The molecule has 0 unspecified atom stereocenters. The van der Waals surface area contributed by atoms with Crippen molar-refractivity contribution in [3.63, 3.8) is 0 Å². The summed E-state index contributed by atoms with van der Waals surface area (Å²) in [5.74, 6) is 0.270. The quantitative estimate of drug-likeness (QED) is 0.478. The molecule has 0 spiro atoms. The molecule has 0 N–H and O–H groups in total. The van der Waals surface area contributed by atoms with Crippen LogP contribution in [0.1, 0.15) is 34.1 Å². The molecule has 70 valence electrons. The molecule has 12 heavy (non-hydrogen) atoms. The van der Waals surface area contributed by atoms with E-state index in [2.05, 4.69) is 0 Å².